The van der Waals surface area contributed by atoms with Crippen LogP contribution in [0.25, 0.3) is 16.8 Å². The van der Waals surface area contributed by atoms with E-state index in [0.717, 1.165) is 11.1 Å². The summed E-state index contributed by atoms with van der Waals surface area (Å²) in [6, 6.07) is 9.25. The number of nitrogens with zero attached hydrogens (tertiary/aromatic N) is 2. The number of carbonyl (C=O) groups is 1. The molecule has 0 spiro atoms. The molecule has 100 valence electrons. The minimum atomic E-state index is -0.404. The van der Waals surface area contributed by atoms with Gasteiger partial charge in [0.2, 0.25) is 0 Å². The van der Waals surface area contributed by atoms with Crippen LogP contribution in [0, 0.1) is 0 Å². The van der Waals surface area contributed by atoms with Gasteiger partial charge in [0.15, 0.2) is 5.65 Å². The minimum absolute atomic E-state index is 0.404. The second-order valence-corrected chi connectivity index (χ2v) is 4.41. The summed E-state index contributed by atoms with van der Waals surface area (Å²) in [7, 11) is 1.36. The van der Waals surface area contributed by atoms with Crippen LogP contribution in [0.15, 0.2) is 48.9 Å². The van der Waals surface area contributed by atoms with Crippen molar-refractivity contribution in [1.82, 2.24) is 9.38 Å². The number of benzene rings is 1. The van der Waals surface area contributed by atoms with Crippen molar-refractivity contribution in [3.8, 4) is 11.1 Å². The van der Waals surface area contributed by atoms with Gasteiger partial charge in [0.25, 0.3) is 0 Å². The number of fused-ring (bicyclic) bond motifs is 1. The number of carbonyl (C=O) groups excluding carboxylic acids is 1. The molecule has 0 amide bonds. The van der Waals surface area contributed by atoms with Crippen molar-refractivity contribution >= 4 is 17.3 Å². The summed E-state index contributed by atoms with van der Waals surface area (Å²) < 4.78 is 6.61. The number of esters is 1. The van der Waals surface area contributed by atoms with Crippen LogP contribution in [0.5, 0.6) is 0 Å². The quantitative estimate of drug-likeness (QED) is 0.571. The van der Waals surface area contributed by atoms with E-state index in [0.29, 0.717) is 16.9 Å². The zero-order valence-electron chi connectivity index (χ0n) is 10.9. The van der Waals surface area contributed by atoms with E-state index in [9.17, 15) is 4.79 Å². The maximum atomic E-state index is 11.9. The Morgan fingerprint density at radius 3 is 2.70 bits per heavy atom. The maximum Gasteiger partial charge on any atom is 0.341 e. The van der Waals surface area contributed by atoms with Crippen LogP contribution in [-0.2, 0) is 4.74 Å². The van der Waals surface area contributed by atoms with E-state index < -0.39 is 5.97 Å². The van der Waals surface area contributed by atoms with Crippen molar-refractivity contribution in [2.45, 2.75) is 0 Å². The predicted molar refractivity (Wildman–Crippen MR) is 76.4 cm³/mol. The van der Waals surface area contributed by atoms with Gasteiger partial charge in [-0.15, -0.1) is 0 Å². The molecule has 5 heteroatoms. The zero-order chi connectivity index (χ0) is 14.1. The van der Waals surface area contributed by atoms with Crippen LogP contribution in [0.2, 0.25) is 0 Å². The summed E-state index contributed by atoms with van der Waals surface area (Å²) >= 11 is 0. The van der Waals surface area contributed by atoms with E-state index in [4.69, 9.17) is 10.5 Å². The number of ether oxygens (including phenoxy) is 1. The summed E-state index contributed by atoms with van der Waals surface area (Å²) in [6.45, 7) is 0. The molecule has 3 aromatic rings. The van der Waals surface area contributed by atoms with Crippen LogP contribution in [0.4, 0.5) is 5.69 Å². The molecule has 2 N–H and O–H groups in total. The highest BCUT2D eigenvalue weighted by atomic mass is 16.5. The molecule has 3 rings (SSSR count). The minimum Gasteiger partial charge on any atom is -0.465 e. The number of hydrogen-bond acceptors (Lipinski definition) is 4. The summed E-state index contributed by atoms with van der Waals surface area (Å²) in [4.78, 5) is 16.0. The highest BCUT2D eigenvalue weighted by Crippen LogP contribution is 2.24. The van der Waals surface area contributed by atoms with Gasteiger partial charge in [-0.1, -0.05) is 12.1 Å². The second kappa shape index (κ2) is 4.70. The van der Waals surface area contributed by atoms with Crippen LogP contribution in [0.1, 0.15) is 10.4 Å². The third kappa shape index (κ3) is 1.99. The lowest BCUT2D eigenvalue weighted by molar-refractivity contribution is 0.0602. The molecule has 1 aromatic carbocycles. The van der Waals surface area contributed by atoms with E-state index in [1.165, 1.54) is 7.11 Å². The smallest absolute Gasteiger partial charge is 0.341 e. The number of nitrogens with two attached hydrogens (primary N) is 1. The normalized spacial score (nSPS) is 10.7. The molecule has 0 aliphatic carbocycles. The highest BCUT2D eigenvalue weighted by Gasteiger charge is 2.14. The van der Waals surface area contributed by atoms with Crippen molar-refractivity contribution in [2.24, 2.45) is 0 Å². The molecule has 0 atom stereocenters. The Kier molecular flexibility index (Phi) is 2.87. The van der Waals surface area contributed by atoms with Crippen LogP contribution in [-0.4, -0.2) is 22.5 Å². The number of aromatic nitrogens is 2. The number of pyridine rings is 1. The first kappa shape index (κ1) is 12.2. The Hall–Kier alpha value is -2.82. The summed E-state index contributed by atoms with van der Waals surface area (Å²) in [5, 5.41) is 0. The lowest BCUT2D eigenvalue weighted by Gasteiger charge is -2.07. The standard InChI is InChI=1S/C15H13N3O2/c1-20-15(19)13-8-11(9-18-7-6-17-14(13)18)10-2-4-12(16)5-3-10/h2-9H,16H2,1H3. The molecule has 0 bridgehead atoms. The van der Waals surface area contributed by atoms with Crippen molar-refractivity contribution in [3.05, 3.63) is 54.5 Å². The number of nitrogen functional groups attached to an aromatic ring is 1. The molecule has 0 saturated heterocycles. The fourth-order valence-corrected chi connectivity index (χ4v) is 2.13. The Balaban J connectivity index is 2.21. The van der Waals surface area contributed by atoms with Crippen molar-refractivity contribution in [3.63, 3.8) is 0 Å². The molecule has 2 heterocycles. The number of methoxy groups -OCH3 is 1. The molecular formula is C15H13N3O2. The largest absolute Gasteiger partial charge is 0.465 e. The summed E-state index contributed by atoms with van der Waals surface area (Å²) in [5.41, 5.74) is 9.28. The molecular weight excluding hydrogens is 254 g/mol. The van der Waals surface area contributed by atoms with Crippen LogP contribution in [0.3, 0.4) is 0 Å². The number of imidazole rings is 1. The maximum absolute atomic E-state index is 11.9. The first-order chi connectivity index (χ1) is 9.69. The molecule has 0 aliphatic rings. The first-order valence-corrected chi connectivity index (χ1v) is 6.10. The van der Waals surface area contributed by atoms with Gasteiger partial charge < -0.3 is 14.9 Å². The first-order valence-electron chi connectivity index (χ1n) is 6.10. The van der Waals surface area contributed by atoms with Crippen LogP contribution < -0.4 is 5.73 Å². The third-order valence-electron chi connectivity index (χ3n) is 3.14. The molecule has 0 fully saturated rings. The van der Waals surface area contributed by atoms with Gasteiger partial charge in [0.1, 0.15) is 5.56 Å². The Bertz CT molecular complexity index is 775. The van der Waals surface area contributed by atoms with E-state index in [1.807, 2.05) is 30.5 Å². The topological polar surface area (TPSA) is 69.6 Å². The molecule has 2 aromatic heterocycles. The average Bonchev–Trinajstić information content (AvgIpc) is 2.94. The lowest BCUT2D eigenvalue weighted by atomic mass is 10.1. The van der Waals surface area contributed by atoms with E-state index in [-0.39, 0.29) is 0 Å². The lowest BCUT2D eigenvalue weighted by Crippen LogP contribution is -2.05. The summed E-state index contributed by atoms with van der Waals surface area (Å²) in [5.74, 6) is -0.404. The zero-order valence-corrected chi connectivity index (χ0v) is 10.9. The van der Waals surface area contributed by atoms with Gasteiger partial charge in [-0.3, -0.25) is 0 Å². The molecule has 5 nitrogen and oxygen atoms in total. The Morgan fingerprint density at radius 1 is 1.25 bits per heavy atom. The van der Waals surface area contributed by atoms with E-state index in [1.54, 1.807) is 22.9 Å². The number of anilines is 1. The third-order valence-corrected chi connectivity index (χ3v) is 3.14. The molecule has 0 radical (unpaired) electrons. The van der Waals surface area contributed by atoms with E-state index >= 15 is 0 Å². The van der Waals surface area contributed by atoms with Crippen molar-refractivity contribution in [2.75, 3.05) is 12.8 Å². The second-order valence-electron chi connectivity index (χ2n) is 4.41. The Labute approximate surface area is 115 Å². The fraction of sp³-hybridized carbons (Fsp3) is 0.0667. The Morgan fingerprint density at radius 2 is 2.00 bits per heavy atom. The molecule has 20 heavy (non-hydrogen) atoms. The highest BCUT2D eigenvalue weighted by molar-refractivity contribution is 5.97. The van der Waals surface area contributed by atoms with E-state index in [2.05, 4.69) is 4.98 Å². The van der Waals surface area contributed by atoms with Crippen molar-refractivity contribution in [1.29, 1.82) is 0 Å². The summed E-state index contributed by atoms with van der Waals surface area (Å²) in [6.07, 6.45) is 5.36. The fourth-order valence-electron chi connectivity index (χ4n) is 2.13. The van der Waals surface area contributed by atoms with Gasteiger partial charge in [-0.2, -0.15) is 0 Å². The number of rotatable bonds is 2. The van der Waals surface area contributed by atoms with Gasteiger partial charge in [-0.05, 0) is 29.3 Å². The predicted octanol–water partition coefficient (Wildman–Crippen LogP) is 2.37. The van der Waals surface area contributed by atoms with Crippen molar-refractivity contribution < 1.29 is 9.53 Å². The average molecular weight is 267 g/mol. The molecule has 0 unspecified atom stereocenters. The SMILES string of the molecule is COC(=O)c1cc(-c2ccc(N)cc2)cn2ccnc12. The monoisotopic (exact) mass is 267 g/mol. The van der Waals surface area contributed by atoms with Gasteiger partial charge in [0.05, 0.1) is 7.11 Å². The number of hydrogen-bond donors (Lipinski definition) is 1. The van der Waals surface area contributed by atoms with Crippen LogP contribution >= 0.6 is 0 Å². The van der Waals surface area contributed by atoms with Gasteiger partial charge in [-0.25, -0.2) is 9.78 Å². The molecule has 0 saturated carbocycles. The van der Waals surface area contributed by atoms with Gasteiger partial charge >= 0.3 is 5.97 Å². The molecule has 0 aliphatic heterocycles. The van der Waals surface area contributed by atoms with Gasteiger partial charge in [0, 0.05) is 24.3 Å².